The average Bonchev–Trinajstić information content (AvgIpc) is 3.35. The van der Waals surface area contributed by atoms with Crippen LogP contribution in [0.5, 0.6) is 11.5 Å². The second-order valence-electron chi connectivity index (χ2n) is 22.6. The van der Waals surface area contributed by atoms with E-state index in [1.807, 2.05) is 0 Å². The van der Waals surface area contributed by atoms with Crippen molar-refractivity contribution in [3.8, 4) is 56.0 Å². The highest BCUT2D eigenvalue weighted by molar-refractivity contribution is 5.90. The van der Waals surface area contributed by atoms with Gasteiger partial charge in [0.05, 0.1) is 25.6 Å². The van der Waals surface area contributed by atoms with E-state index < -0.39 is 0 Å². The van der Waals surface area contributed by atoms with Crippen LogP contribution >= 0.6 is 0 Å². The Balaban J connectivity index is 1.52. The van der Waals surface area contributed by atoms with Crippen LogP contribution < -0.4 is 20.1 Å². The molecule has 7 rings (SSSR count). The zero-order chi connectivity index (χ0) is 52.3. The molecule has 0 amide bonds. The molecular formula is C68H84N2O2. The molecule has 0 saturated carbocycles. The van der Waals surface area contributed by atoms with Crippen molar-refractivity contribution in [2.75, 3.05) is 24.9 Å². The number of hydrogen-bond acceptors (Lipinski definition) is 4. The van der Waals surface area contributed by atoms with Crippen LogP contribution in [0.1, 0.15) is 203 Å². The number of methoxy groups -OCH3 is 2. The zero-order valence-corrected chi connectivity index (χ0v) is 47.0. The second kappa shape index (κ2) is 22.7. The van der Waals surface area contributed by atoms with Crippen LogP contribution in [0, 0.1) is 0 Å². The molecule has 0 spiro atoms. The van der Waals surface area contributed by atoms with Crippen LogP contribution in [0.4, 0.5) is 22.7 Å². The maximum atomic E-state index is 6.08. The predicted octanol–water partition coefficient (Wildman–Crippen LogP) is 20.8. The summed E-state index contributed by atoms with van der Waals surface area (Å²) in [5.41, 5.74) is 24.7. The molecule has 0 bridgehead atoms. The quantitative estimate of drug-likeness (QED) is 0.0899. The summed E-state index contributed by atoms with van der Waals surface area (Å²) in [6.07, 6.45) is 0. The van der Waals surface area contributed by atoms with Gasteiger partial charge in [-0.3, -0.25) is 0 Å². The molecular weight excluding hydrogens is 877 g/mol. The molecule has 0 aromatic heterocycles. The highest BCUT2D eigenvalue weighted by Crippen LogP contribution is 2.47. The lowest BCUT2D eigenvalue weighted by Crippen LogP contribution is -2.05. The summed E-state index contributed by atoms with van der Waals surface area (Å²) in [5.74, 6) is 3.99. The summed E-state index contributed by atoms with van der Waals surface area (Å²) < 4.78 is 12.2. The molecule has 378 valence electrons. The van der Waals surface area contributed by atoms with E-state index >= 15 is 0 Å². The van der Waals surface area contributed by atoms with E-state index in [1.165, 1.54) is 89.0 Å². The maximum absolute atomic E-state index is 6.08. The standard InChI is InChI=1S/C68H84N2O2/c1-39(2)53-23-19-24-54(40(3)4)65(53)47-31-48(66-55(41(5)6)25-20-26-56(66)42(7)8)34-51(33-47)69-61-37-63(71-17)64(72-18)38-62(61)70-52-35-49(67-57(43(9)10)27-21-28-58(67)44(11)12)32-50(36-52)68-59(45(13)14)29-22-30-60(68)46(15)16/h19-46,69-70H,1-18H3. The van der Waals surface area contributed by atoms with E-state index in [4.69, 9.17) is 9.47 Å². The van der Waals surface area contributed by atoms with Gasteiger partial charge in [-0.25, -0.2) is 0 Å². The fourth-order valence-corrected chi connectivity index (χ4v) is 10.9. The van der Waals surface area contributed by atoms with Crippen molar-refractivity contribution < 1.29 is 9.47 Å². The molecule has 7 aromatic carbocycles. The molecule has 0 atom stereocenters. The van der Waals surface area contributed by atoms with Crippen molar-refractivity contribution in [2.45, 2.75) is 158 Å². The summed E-state index contributed by atoms with van der Waals surface area (Å²) in [6.45, 7) is 37.0. The molecule has 0 aliphatic heterocycles. The maximum Gasteiger partial charge on any atom is 0.162 e. The van der Waals surface area contributed by atoms with Gasteiger partial charge in [0.15, 0.2) is 11.5 Å². The van der Waals surface area contributed by atoms with E-state index in [0.717, 1.165) is 22.7 Å². The average molecular weight is 961 g/mol. The van der Waals surface area contributed by atoms with Crippen molar-refractivity contribution in [1.82, 2.24) is 0 Å². The Morgan fingerprint density at radius 3 is 0.639 bits per heavy atom. The Morgan fingerprint density at radius 1 is 0.278 bits per heavy atom. The van der Waals surface area contributed by atoms with Crippen molar-refractivity contribution in [2.24, 2.45) is 0 Å². The Kier molecular flexibility index (Phi) is 16.8. The molecule has 7 aromatic rings. The third-order valence-corrected chi connectivity index (χ3v) is 14.6. The molecule has 0 radical (unpaired) electrons. The number of ether oxygens (including phenoxy) is 2. The molecule has 0 heterocycles. The SMILES string of the molecule is COc1cc(Nc2cc(-c3c(C(C)C)cccc3C(C)C)cc(-c3c(C(C)C)cccc3C(C)C)c2)c(Nc2cc(-c3c(C(C)C)cccc3C(C)C)cc(-c3c(C(C)C)cccc3C(C)C)c2)cc1OC. The minimum atomic E-state index is 0.337. The van der Waals surface area contributed by atoms with E-state index in [1.54, 1.807) is 14.2 Å². The molecule has 4 nitrogen and oxygen atoms in total. The lowest BCUT2D eigenvalue weighted by atomic mass is 9.81. The number of benzene rings is 7. The molecule has 72 heavy (non-hydrogen) atoms. The second-order valence-corrected chi connectivity index (χ2v) is 22.6. The Bertz CT molecular complexity index is 2550. The molecule has 0 saturated heterocycles. The Labute approximate surface area is 435 Å². The minimum absolute atomic E-state index is 0.337. The van der Waals surface area contributed by atoms with Gasteiger partial charge in [-0.1, -0.05) is 184 Å². The van der Waals surface area contributed by atoms with E-state index in [-0.39, 0.29) is 0 Å². The summed E-state index contributed by atoms with van der Waals surface area (Å²) in [5, 5.41) is 8.05. The Morgan fingerprint density at radius 2 is 0.472 bits per heavy atom. The first-order chi connectivity index (χ1) is 34.2. The highest BCUT2D eigenvalue weighted by Gasteiger charge is 2.24. The molecule has 2 N–H and O–H groups in total. The largest absolute Gasteiger partial charge is 0.493 e. The number of hydrogen-bond donors (Lipinski definition) is 2. The number of anilines is 4. The molecule has 0 unspecified atom stereocenters. The highest BCUT2D eigenvalue weighted by atomic mass is 16.5. The zero-order valence-electron chi connectivity index (χ0n) is 47.0. The fourth-order valence-electron chi connectivity index (χ4n) is 10.9. The monoisotopic (exact) mass is 961 g/mol. The predicted molar refractivity (Wildman–Crippen MR) is 313 cm³/mol. The topological polar surface area (TPSA) is 42.5 Å². The van der Waals surface area contributed by atoms with Crippen LogP contribution in [0.3, 0.4) is 0 Å². The molecule has 4 heteroatoms. The van der Waals surface area contributed by atoms with Gasteiger partial charge in [-0.05, 0) is 173 Å². The number of nitrogens with one attached hydrogen (secondary N) is 2. The van der Waals surface area contributed by atoms with Gasteiger partial charge in [0.1, 0.15) is 0 Å². The van der Waals surface area contributed by atoms with Crippen LogP contribution in [0.15, 0.2) is 121 Å². The lowest BCUT2D eigenvalue weighted by Gasteiger charge is -2.25. The third kappa shape index (κ3) is 11.2. The van der Waals surface area contributed by atoms with E-state index in [9.17, 15) is 0 Å². The normalized spacial score (nSPS) is 11.9. The first-order valence-electron chi connectivity index (χ1n) is 26.9. The molecule has 0 aliphatic carbocycles. The summed E-state index contributed by atoms with van der Waals surface area (Å²) >= 11 is 0. The van der Waals surface area contributed by atoms with Gasteiger partial charge in [0, 0.05) is 23.5 Å². The van der Waals surface area contributed by atoms with Gasteiger partial charge in [-0.15, -0.1) is 0 Å². The van der Waals surface area contributed by atoms with Crippen molar-refractivity contribution in [3.63, 3.8) is 0 Å². The van der Waals surface area contributed by atoms with Gasteiger partial charge in [0.2, 0.25) is 0 Å². The minimum Gasteiger partial charge on any atom is -0.493 e. The van der Waals surface area contributed by atoms with Gasteiger partial charge >= 0.3 is 0 Å². The van der Waals surface area contributed by atoms with E-state index in [2.05, 4.69) is 243 Å². The van der Waals surface area contributed by atoms with Crippen LogP contribution in [0.25, 0.3) is 44.5 Å². The van der Waals surface area contributed by atoms with Gasteiger partial charge < -0.3 is 20.1 Å². The number of rotatable bonds is 18. The van der Waals surface area contributed by atoms with Crippen LogP contribution in [-0.4, -0.2) is 14.2 Å². The smallest absolute Gasteiger partial charge is 0.162 e. The van der Waals surface area contributed by atoms with Crippen LogP contribution in [0.2, 0.25) is 0 Å². The van der Waals surface area contributed by atoms with Crippen molar-refractivity contribution in [3.05, 3.63) is 166 Å². The van der Waals surface area contributed by atoms with Crippen molar-refractivity contribution >= 4 is 22.7 Å². The first kappa shape index (κ1) is 53.5. The fraction of sp³-hybridized carbons (Fsp3) is 0.382. The van der Waals surface area contributed by atoms with Gasteiger partial charge in [-0.2, -0.15) is 0 Å². The summed E-state index contributed by atoms with van der Waals surface area (Å²) in [7, 11) is 3.43. The third-order valence-electron chi connectivity index (χ3n) is 14.6. The summed E-state index contributed by atoms with van der Waals surface area (Å²) in [6, 6.07) is 46.0. The first-order valence-corrected chi connectivity index (χ1v) is 26.9. The lowest BCUT2D eigenvalue weighted by molar-refractivity contribution is 0.355. The van der Waals surface area contributed by atoms with E-state index in [0.29, 0.717) is 58.8 Å². The van der Waals surface area contributed by atoms with Crippen molar-refractivity contribution in [1.29, 1.82) is 0 Å². The molecule has 0 aliphatic rings. The van der Waals surface area contributed by atoms with Crippen LogP contribution in [-0.2, 0) is 0 Å². The molecule has 0 fully saturated rings. The summed E-state index contributed by atoms with van der Waals surface area (Å²) in [4.78, 5) is 0. The Hall–Kier alpha value is -6.26. The van der Waals surface area contributed by atoms with Gasteiger partial charge in [0.25, 0.3) is 0 Å².